The van der Waals surface area contributed by atoms with E-state index in [4.69, 9.17) is 4.74 Å². The van der Waals surface area contributed by atoms with Gasteiger partial charge in [0.1, 0.15) is 18.6 Å². The fraction of sp³-hybridized carbons (Fsp3) is 0.176. The Morgan fingerprint density at radius 3 is 2.19 bits per heavy atom. The van der Waals surface area contributed by atoms with E-state index in [0.717, 1.165) is 23.2 Å². The van der Waals surface area contributed by atoms with Crippen LogP contribution in [0.4, 0.5) is 0 Å². The lowest BCUT2D eigenvalue weighted by Crippen LogP contribution is -2.02. The van der Waals surface area contributed by atoms with Crippen molar-refractivity contribution in [2.24, 2.45) is 0 Å². The van der Waals surface area contributed by atoms with Crippen LogP contribution in [0.2, 0.25) is 0 Å². The maximum Gasteiger partial charge on any atom is 0.337 e. The zero-order valence-corrected chi connectivity index (χ0v) is 11.7. The van der Waals surface area contributed by atoms with E-state index < -0.39 is 0 Å². The molecule has 0 spiro atoms. The number of aldehydes is 1. The van der Waals surface area contributed by atoms with Crippen LogP contribution in [0.5, 0.6) is 5.75 Å². The molecule has 2 aromatic rings. The standard InChI is InChI=1S/C17H16O4/c1-20-17(19)15-6-2-14(3-7-15)12-21-16-8-4-13(5-9-16)10-11-18/h2-9,11H,10,12H2,1H3. The van der Waals surface area contributed by atoms with E-state index >= 15 is 0 Å². The minimum absolute atomic E-state index is 0.353. The molecule has 0 aliphatic heterocycles. The molecule has 4 nitrogen and oxygen atoms in total. The molecule has 0 aromatic heterocycles. The summed E-state index contributed by atoms with van der Waals surface area (Å²) in [5.41, 5.74) is 2.43. The highest BCUT2D eigenvalue weighted by atomic mass is 16.5. The van der Waals surface area contributed by atoms with Gasteiger partial charge in [-0.2, -0.15) is 0 Å². The van der Waals surface area contributed by atoms with E-state index in [2.05, 4.69) is 4.74 Å². The van der Waals surface area contributed by atoms with Crippen molar-refractivity contribution in [3.05, 3.63) is 65.2 Å². The van der Waals surface area contributed by atoms with Crippen LogP contribution < -0.4 is 4.74 Å². The van der Waals surface area contributed by atoms with Gasteiger partial charge in [0.15, 0.2) is 0 Å². The molecule has 108 valence electrons. The molecule has 0 saturated carbocycles. The first-order valence-corrected chi connectivity index (χ1v) is 6.55. The van der Waals surface area contributed by atoms with Crippen LogP contribution in [-0.2, 0) is 22.6 Å². The lowest BCUT2D eigenvalue weighted by atomic mass is 10.1. The van der Waals surface area contributed by atoms with Crippen molar-refractivity contribution >= 4 is 12.3 Å². The van der Waals surface area contributed by atoms with Gasteiger partial charge in [-0.15, -0.1) is 0 Å². The summed E-state index contributed by atoms with van der Waals surface area (Å²) in [6, 6.07) is 14.5. The Balaban J connectivity index is 1.93. The minimum atomic E-state index is -0.353. The highest BCUT2D eigenvalue weighted by Gasteiger charge is 2.04. The van der Waals surface area contributed by atoms with E-state index in [0.29, 0.717) is 18.6 Å². The third-order valence-corrected chi connectivity index (χ3v) is 3.02. The largest absolute Gasteiger partial charge is 0.489 e. The molecule has 21 heavy (non-hydrogen) atoms. The van der Waals surface area contributed by atoms with E-state index in [1.165, 1.54) is 7.11 Å². The number of methoxy groups -OCH3 is 1. The molecule has 0 unspecified atom stereocenters. The van der Waals surface area contributed by atoms with Crippen LogP contribution >= 0.6 is 0 Å². The Bertz CT molecular complexity index is 600. The molecule has 2 aromatic carbocycles. The van der Waals surface area contributed by atoms with Gasteiger partial charge in [-0.3, -0.25) is 0 Å². The summed E-state index contributed by atoms with van der Waals surface area (Å²) < 4.78 is 10.3. The highest BCUT2D eigenvalue weighted by molar-refractivity contribution is 5.89. The molecule has 0 fully saturated rings. The maximum absolute atomic E-state index is 11.3. The third-order valence-electron chi connectivity index (χ3n) is 3.02. The molecular weight excluding hydrogens is 268 g/mol. The van der Waals surface area contributed by atoms with Gasteiger partial charge in [0.05, 0.1) is 12.7 Å². The summed E-state index contributed by atoms with van der Waals surface area (Å²) >= 11 is 0. The first-order chi connectivity index (χ1) is 10.2. The fourth-order valence-electron chi connectivity index (χ4n) is 1.84. The van der Waals surface area contributed by atoms with Gasteiger partial charge >= 0.3 is 5.97 Å². The van der Waals surface area contributed by atoms with Gasteiger partial charge in [-0.25, -0.2) is 4.79 Å². The molecule has 0 aliphatic rings. The molecule has 2 rings (SSSR count). The molecule has 0 radical (unpaired) electrons. The molecule has 0 bridgehead atoms. The molecule has 0 aliphatic carbocycles. The monoisotopic (exact) mass is 284 g/mol. The van der Waals surface area contributed by atoms with Crippen molar-refractivity contribution in [3.63, 3.8) is 0 Å². The maximum atomic E-state index is 11.3. The minimum Gasteiger partial charge on any atom is -0.489 e. The SMILES string of the molecule is COC(=O)c1ccc(COc2ccc(CC=O)cc2)cc1. The lowest BCUT2D eigenvalue weighted by molar-refractivity contribution is -0.107. The second-order valence-electron chi connectivity index (χ2n) is 4.49. The zero-order chi connectivity index (χ0) is 15.1. The summed E-state index contributed by atoms with van der Waals surface area (Å²) in [7, 11) is 1.35. The Labute approximate surface area is 123 Å². The zero-order valence-electron chi connectivity index (χ0n) is 11.7. The molecule has 0 amide bonds. The van der Waals surface area contributed by atoms with Gasteiger partial charge in [0, 0.05) is 6.42 Å². The summed E-state index contributed by atoms with van der Waals surface area (Å²) in [5.74, 6) is 0.384. The molecule has 0 heterocycles. The summed E-state index contributed by atoms with van der Waals surface area (Å²) in [6.45, 7) is 0.411. The fourth-order valence-corrected chi connectivity index (χ4v) is 1.84. The lowest BCUT2D eigenvalue weighted by Gasteiger charge is -2.07. The molecular formula is C17H16O4. The van der Waals surface area contributed by atoms with Crippen LogP contribution in [0.1, 0.15) is 21.5 Å². The summed E-state index contributed by atoms with van der Waals surface area (Å²) in [6.07, 6.45) is 1.29. The van der Waals surface area contributed by atoms with Crippen LogP contribution in [0.25, 0.3) is 0 Å². The first-order valence-electron chi connectivity index (χ1n) is 6.55. The number of rotatable bonds is 6. The Kier molecular flexibility index (Phi) is 5.10. The van der Waals surface area contributed by atoms with Crippen molar-refractivity contribution < 1.29 is 19.1 Å². The van der Waals surface area contributed by atoms with Gasteiger partial charge in [0.25, 0.3) is 0 Å². The smallest absolute Gasteiger partial charge is 0.337 e. The second-order valence-corrected chi connectivity index (χ2v) is 4.49. The predicted molar refractivity (Wildman–Crippen MR) is 78.3 cm³/mol. The Hall–Kier alpha value is -2.62. The normalized spacial score (nSPS) is 9.95. The van der Waals surface area contributed by atoms with Crippen LogP contribution in [0, 0.1) is 0 Å². The number of hydrogen-bond donors (Lipinski definition) is 0. The molecule has 4 heteroatoms. The highest BCUT2D eigenvalue weighted by Crippen LogP contribution is 2.15. The number of benzene rings is 2. The summed E-state index contributed by atoms with van der Waals surface area (Å²) in [5, 5.41) is 0. The number of ether oxygens (including phenoxy) is 2. The van der Waals surface area contributed by atoms with Crippen molar-refractivity contribution in [1.82, 2.24) is 0 Å². The van der Waals surface area contributed by atoms with E-state index in [-0.39, 0.29) is 5.97 Å². The van der Waals surface area contributed by atoms with Gasteiger partial charge in [-0.05, 0) is 35.4 Å². The molecule has 0 N–H and O–H groups in total. The quantitative estimate of drug-likeness (QED) is 0.604. The number of carbonyl (C=O) groups is 2. The van der Waals surface area contributed by atoms with E-state index in [1.807, 2.05) is 36.4 Å². The predicted octanol–water partition coefficient (Wildman–Crippen LogP) is 2.79. The van der Waals surface area contributed by atoms with E-state index in [1.54, 1.807) is 12.1 Å². The van der Waals surface area contributed by atoms with Gasteiger partial charge in [0.2, 0.25) is 0 Å². The number of esters is 1. The van der Waals surface area contributed by atoms with Crippen LogP contribution in [0.15, 0.2) is 48.5 Å². The molecule has 0 atom stereocenters. The topological polar surface area (TPSA) is 52.6 Å². The number of carbonyl (C=O) groups excluding carboxylic acids is 2. The average molecular weight is 284 g/mol. The average Bonchev–Trinajstić information content (AvgIpc) is 2.54. The van der Waals surface area contributed by atoms with Gasteiger partial charge in [-0.1, -0.05) is 24.3 Å². The summed E-state index contributed by atoms with van der Waals surface area (Å²) in [4.78, 5) is 21.7. The molecule has 0 saturated heterocycles. The Morgan fingerprint density at radius 2 is 1.62 bits per heavy atom. The van der Waals surface area contributed by atoms with Crippen molar-refractivity contribution in [3.8, 4) is 5.75 Å². The van der Waals surface area contributed by atoms with Crippen molar-refractivity contribution in [2.45, 2.75) is 13.0 Å². The van der Waals surface area contributed by atoms with E-state index in [9.17, 15) is 9.59 Å². The van der Waals surface area contributed by atoms with Gasteiger partial charge < -0.3 is 14.3 Å². The third kappa shape index (κ3) is 4.18. The van der Waals surface area contributed by atoms with Crippen LogP contribution in [0.3, 0.4) is 0 Å². The van der Waals surface area contributed by atoms with Crippen LogP contribution in [-0.4, -0.2) is 19.4 Å². The van der Waals surface area contributed by atoms with Crippen molar-refractivity contribution in [1.29, 1.82) is 0 Å². The van der Waals surface area contributed by atoms with Crippen molar-refractivity contribution in [2.75, 3.05) is 7.11 Å². The first kappa shape index (κ1) is 14.8. The second kappa shape index (κ2) is 7.24. The number of hydrogen-bond acceptors (Lipinski definition) is 4. The Morgan fingerprint density at radius 1 is 1.00 bits per heavy atom.